The molecule has 0 nitrogen and oxygen atoms in total. The van der Waals surface area contributed by atoms with Crippen molar-refractivity contribution >= 4 is 0 Å². The van der Waals surface area contributed by atoms with Crippen LogP contribution in [0.15, 0.2) is 0 Å². The SMILES string of the molecule is [F-].[F-].[F-].[F-].[Ni]. The monoisotopic (exact) mass is 134 g/mol. The van der Waals surface area contributed by atoms with Crippen molar-refractivity contribution in [3.05, 3.63) is 0 Å². The Morgan fingerprint density at radius 1 is 0.400 bits per heavy atom. The van der Waals surface area contributed by atoms with Crippen LogP contribution in [0.3, 0.4) is 0 Å². The third-order valence-corrected chi connectivity index (χ3v) is 0. The number of halogens is 4. The van der Waals surface area contributed by atoms with Gasteiger partial charge in [-0.15, -0.1) is 0 Å². The van der Waals surface area contributed by atoms with E-state index in [1.54, 1.807) is 0 Å². The molecule has 0 amide bonds. The summed E-state index contributed by atoms with van der Waals surface area (Å²) in [6.45, 7) is 0. The van der Waals surface area contributed by atoms with Gasteiger partial charge in [0.25, 0.3) is 0 Å². The zero-order valence-corrected chi connectivity index (χ0v) is 2.82. The average Bonchev–Trinajstić information content (AvgIpc) is 0. The summed E-state index contributed by atoms with van der Waals surface area (Å²) in [6.07, 6.45) is 0. The van der Waals surface area contributed by atoms with Gasteiger partial charge in [-0.05, 0) is 0 Å². The molecule has 0 atom stereocenters. The van der Waals surface area contributed by atoms with Gasteiger partial charge >= 0.3 is 0 Å². The molecule has 0 aromatic rings. The summed E-state index contributed by atoms with van der Waals surface area (Å²) in [7, 11) is 0. The van der Waals surface area contributed by atoms with Gasteiger partial charge in [0.05, 0.1) is 0 Å². The molecule has 0 aliphatic heterocycles. The summed E-state index contributed by atoms with van der Waals surface area (Å²) in [5.74, 6) is 0. The van der Waals surface area contributed by atoms with E-state index >= 15 is 0 Å². The molecule has 0 spiro atoms. The largest absolute Gasteiger partial charge is 1.00 e. The van der Waals surface area contributed by atoms with Crippen LogP contribution in [-0.4, -0.2) is 0 Å². The molecule has 42 valence electrons. The molecule has 0 fully saturated rings. The molecule has 0 unspecified atom stereocenters. The van der Waals surface area contributed by atoms with E-state index in [0.29, 0.717) is 0 Å². The quantitative estimate of drug-likeness (QED) is 0.228. The van der Waals surface area contributed by atoms with Crippen molar-refractivity contribution in [3.63, 3.8) is 0 Å². The van der Waals surface area contributed by atoms with Gasteiger partial charge in [0.2, 0.25) is 0 Å². The predicted octanol–water partition coefficient (Wildman–Crippen LogP) is -12.0. The van der Waals surface area contributed by atoms with Crippen molar-refractivity contribution in [3.8, 4) is 0 Å². The molecule has 0 aromatic carbocycles. The maximum absolute atomic E-state index is 0. The molecule has 0 heterocycles. The third kappa shape index (κ3) is 453. The fourth-order valence-electron chi connectivity index (χ4n) is 0. The van der Waals surface area contributed by atoms with E-state index in [1.165, 1.54) is 0 Å². The first-order valence-electron chi connectivity index (χ1n) is 0. The minimum absolute atomic E-state index is 0. The fourth-order valence-corrected chi connectivity index (χ4v) is 0. The molecule has 0 aliphatic carbocycles. The first-order chi connectivity index (χ1) is 0. The van der Waals surface area contributed by atoms with Gasteiger partial charge in [-0.25, -0.2) is 0 Å². The van der Waals surface area contributed by atoms with Crippen LogP contribution in [0.2, 0.25) is 0 Å². The first kappa shape index (κ1) is 2030. The van der Waals surface area contributed by atoms with Gasteiger partial charge in [-0.3, -0.25) is 0 Å². The van der Waals surface area contributed by atoms with Gasteiger partial charge < -0.3 is 18.8 Å². The summed E-state index contributed by atoms with van der Waals surface area (Å²) in [5.41, 5.74) is 0. The Kier molecular flexibility index (Phi) is 388000. The van der Waals surface area contributed by atoms with Crippen molar-refractivity contribution in [2.45, 2.75) is 0 Å². The van der Waals surface area contributed by atoms with Gasteiger partial charge in [0, 0.05) is 16.5 Å². The molecule has 0 saturated carbocycles. The van der Waals surface area contributed by atoms with Crippen molar-refractivity contribution in [2.24, 2.45) is 0 Å². The second-order valence-electron chi connectivity index (χ2n) is 0. The molecule has 0 aliphatic rings. The van der Waals surface area contributed by atoms with Crippen molar-refractivity contribution in [1.29, 1.82) is 0 Å². The molecule has 0 bridgehead atoms. The van der Waals surface area contributed by atoms with Crippen molar-refractivity contribution < 1.29 is 35.3 Å². The van der Waals surface area contributed by atoms with E-state index in [4.69, 9.17) is 0 Å². The van der Waals surface area contributed by atoms with Crippen LogP contribution < -0.4 is 18.8 Å². The summed E-state index contributed by atoms with van der Waals surface area (Å²) < 4.78 is 0. The van der Waals surface area contributed by atoms with Crippen LogP contribution >= 0.6 is 0 Å². The molecule has 5 heavy (non-hydrogen) atoms. The standard InChI is InChI=1S/4FH.Ni/h4*1H;/p-4. The van der Waals surface area contributed by atoms with Crippen LogP contribution in [0.5, 0.6) is 0 Å². The van der Waals surface area contributed by atoms with Crippen LogP contribution in [-0.2, 0) is 16.5 Å². The Bertz CT molecular complexity index is 3.61. The van der Waals surface area contributed by atoms with E-state index < -0.39 is 0 Å². The second kappa shape index (κ2) is 955. The number of hydrogen-bond acceptors (Lipinski definition) is 0. The fraction of sp³-hybridized carbons (Fsp3) is 0. The zero-order valence-electron chi connectivity index (χ0n) is 1.83. The molecule has 0 radical (unpaired) electrons. The number of rotatable bonds is 0. The van der Waals surface area contributed by atoms with Gasteiger partial charge in [-0.2, -0.15) is 0 Å². The maximum Gasteiger partial charge on any atom is 0 e. The average molecular weight is 135 g/mol. The van der Waals surface area contributed by atoms with E-state index in [-0.39, 0.29) is 35.3 Å². The van der Waals surface area contributed by atoms with E-state index in [0.717, 1.165) is 0 Å². The summed E-state index contributed by atoms with van der Waals surface area (Å²) >= 11 is 0. The minimum atomic E-state index is 0. The van der Waals surface area contributed by atoms with Crippen LogP contribution in [0, 0.1) is 0 Å². The summed E-state index contributed by atoms with van der Waals surface area (Å²) in [4.78, 5) is 0. The first-order valence-corrected chi connectivity index (χ1v) is 0. The van der Waals surface area contributed by atoms with Crippen molar-refractivity contribution in [1.82, 2.24) is 0 Å². The second-order valence-corrected chi connectivity index (χ2v) is 0. The smallest absolute Gasteiger partial charge is 0 e. The van der Waals surface area contributed by atoms with Gasteiger partial charge in [0.1, 0.15) is 0 Å². The van der Waals surface area contributed by atoms with Crippen LogP contribution in [0.4, 0.5) is 0 Å². The third-order valence-electron chi connectivity index (χ3n) is 0. The molecule has 0 aromatic heterocycles. The van der Waals surface area contributed by atoms with E-state index in [2.05, 4.69) is 0 Å². The Labute approximate surface area is 36.3 Å². The molecule has 0 rings (SSSR count). The Hall–Kier alpha value is 0.214. The zero-order chi connectivity index (χ0) is 0. The summed E-state index contributed by atoms with van der Waals surface area (Å²) in [6, 6.07) is 0. The van der Waals surface area contributed by atoms with Gasteiger partial charge in [0.15, 0.2) is 0 Å². The molecular weight excluding hydrogens is 135 g/mol. The van der Waals surface area contributed by atoms with Crippen molar-refractivity contribution in [2.75, 3.05) is 0 Å². The van der Waals surface area contributed by atoms with E-state index in [9.17, 15) is 0 Å². The Balaban J connectivity index is 0. The van der Waals surface area contributed by atoms with E-state index in [1.807, 2.05) is 0 Å². The summed E-state index contributed by atoms with van der Waals surface area (Å²) in [5, 5.41) is 0. The topological polar surface area (TPSA) is 0 Å². The Morgan fingerprint density at radius 2 is 0.400 bits per heavy atom. The van der Waals surface area contributed by atoms with Crippen LogP contribution in [0.1, 0.15) is 0 Å². The minimum Gasteiger partial charge on any atom is -1.00 e. The molecule has 0 saturated heterocycles. The number of hydrogen-bond donors (Lipinski definition) is 0. The Morgan fingerprint density at radius 3 is 0.400 bits per heavy atom. The molecular formula is F4Ni-4. The normalized spacial score (nSPS) is 0. The van der Waals surface area contributed by atoms with Crippen LogP contribution in [0.25, 0.3) is 0 Å². The predicted molar refractivity (Wildman–Crippen MR) is 0 cm³/mol. The molecule has 5 heteroatoms. The molecule has 0 N–H and O–H groups in total. The maximum atomic E-state index is 0. The van der Waals surface area contributed by atoms with Gasteiger partial charge in [-0.1, -0.05) is 0 Å².